The van der Waals surface area contributed by atoms with Crippen LogP contribution in [0.1, 0.15) is 29.8 Å². The van der Waals surface area contributed by atoms with Crippen molar-refractivity contribution in [3.05, 3.63) is 52.2 Å². The maximum Gasteiger partial charge on any atom is 0.227 e. The summed E-state index contributed by atoms with van der Waals surface area (Å²) in [6.07, 6.45) is 5.69. The molecule has 26 heavy (non-hydrogen) atoms. The van der Waals surface area contributed by atoms with Crippen molar-refractivity contribution in [3.63, 3.8) is 0 Å². The molecule has 4 rings (SSSR count). The van der Waals surface area contributed by atoms with Crippen LogP contribution < -0.4 is 0 Å². The Morgan fingerprint density at radius 3 is 2.81 bits per heavy atom. The summed E-state index contributed by atoms with van der Waals surface area (Å²) >= 11 is 1.71. The molecular weight excluding hydrogens is 349 g/mol. The van der Waals surface area contributed by atoms with Gasteiger partial charge in [0.1, 0.15) is 10.8 Å². The van der Waals surface area contributed by atoms with Gasteiger partial charge in [0.15, 0.2) is 0 Å². The molecule has 4 nitrogen and oxygen atoms in total. The standard InChI is InChI=1S/C20H24FN3OS/c21-17-4-2-16(3-5-17)12-19(25)24-10-7-20(15-24)6-1-9-23(14-20)13-18-22-8-11-26-18/h2-5,8,11H,1,6-7,9-10,12-15H2/t20-/m0/s1. The molecule has 138 valence electrons. The number of piperidine rings is 1. The van der Waals surface area contributed by atoms with E-state index in [-0.39, 0.29) is 17.1 Å². The zero-order valence-corrected chi connectivity index (χ0v) is 15.7. The van der Waals surface area contributed by atoms with Gasteiger partial charge in [-0.25, -0.2) is 9.37 Å². The molecule has 1 aromatic heterocycles. The van der Waals surface area contributed by atoms with Gasteiger partial charge in [-0.3, -0.25) is 9.69 Å². The van der Waals surface area contributed by atoms with Crippen molar-refractivity contribution in [2.45, 2.75) is 32.2 Å². The van der Waals surface area contributed by atoms with Gasteiger partial charge in [-0.05, 0) is 43.5 Å². The van der Waals surface area contributed by atoms with Gasteiger partial charge in [0.25, 0.3) is 0 Å². The number of thiazole rings is 1. The molecular formula is C20H24FN3OS. The van der Waals surface area contributed by atoms with E-state index in [1.165, 1.54) is 30.0 Å². The summed E-state index contributed by atoms with van der Waals surface area (Å²) in [5, 5.41) is 3.20. The average Bonchev–Trinajstić information content (AvgIpc) is 3.28. The van der Waals surface area contributed by atoms with Crippen LogP contribution in [-0.2, 0) is 17.8 Å². The largest absolute Gasteiger partial charge is 0.342 e. The molecule has 2 fully saturated rings. The first kappa shape index (κ1) is 17.6. The first-order valence-electron chi connectivity index (χ1n) is 9.25. The number of benzene rings is 1. The lowest BCUT2D eigenvalue weighted by atomic mass is 9.79. The van der Waals surface area contributed by atoms with Crippen molar-refractivity contribution in [3.8, 4) is 0 Å². The Hall–Kier alpha value is -1.79. The third-order valence-electron chi connectivity index (χ3n) is 5.64. The van der Waals surface area contributed by atoms with Gasteiger partial charge in [0, 0.05) is 36.6 Å². The highest BCUT2D eigenvalue weighted by Crippen LogP contribution is 2.39. The average molecular weight is 373 g/mol. The molecule has 2 saturated heterocycles. The van der Waals surface area contributed by atoms with Gasteiger partial charge < -0.3 is 4.90 Å². The fourth-order valence-electron chi connectivity index (χ4n) is 4.34. The lowest BCUT2D eigenvalue weighted by Crippen LogP contribution is -2.45. The van der Waals surface area contributed by atoms with E-state index in [4.69, 9.17) is 0 Å². The Balaban J connectivity index is 1.35. The molecule has 0 aliphatic carbocycles. The number of nitrogens with zero attached hydrogens (tertiary/aromatic N) is 3. The summed E-state index contributed by atoms with van der Waals surface area (Å²) in [4.78, 5) is 21.6. The molecule has 1 amide bonds. The maximum atomic E-state index is 13.0. The van der Waals surface area contributed by atoms with Crippen molar-refractivity contribution >= 4 is 17.2 Å². The molecule has 1 aromatic carbocycles. The summed E-state index contributed by atoms with van der Waals surface area (Å²) in [6, 6.07) is 6.25. The number of aromatic nitrogens is 1. The van der Waals surface area contributed by atoms with E-state index < -0.39 is 0 Å². The van der Waals surface area contributed by atoms with Crippen LogP contribution in [-0.4, -0.2) is 46.9 Å². The third kappa shape index (κ3) is 3.96. The second kappa shape index (κ2) is 7.45. The van der Waals surface area contributed by atoms with E-state index in [2.05, 4.69) is 9.88 Å². The molecule has 2 aliphatic rings. The lowest BCUT2D eigenvalue weighted by molar-refractivity contribution is -0.130. The molecule has 1 atom stereocenters. The predicted octanol–water partition coefficient (Wildman–Crippen LogP) is 3.34. The van der Waals surface area contributed by atoms with Crippen molar-refractivity contribution < 1.29 is 9.18 Å². The van der Waals surface area contributed by atoms with E-state index in [1.807, 2.05) is 16.5 Å². The number of carbonyl (C=O) groups excluding carboxylic acids is 1. The molecule has 6 heteroatoms. The number of amides is 1. The number of hydrogen-bond acceptors (Lipinski definition) is 4. The smallest absolute Gasteiger partial charge is 0.227 e. The molecule has 0 N–H and O–H groups in total. The third-order valence-corrected chi connectivity index (χ3v) is 6.41. The topological polar surface area (TPSA) is 36.4 Å². The fraction of sp³-hybridized carbons (Fsp3) is 0.500. The molecule has 0 saturated carbocycles. The van der Waals surface area contributed by atoms with E-state index in [9.17, 15) is 9.18 Å². The summed E-state index contributed by atoms with van der Waals surface area (Å²) in [6.45, 7) is 4.77. The Morgan fingerprint density at radius 1 is 1.19 bits per heavy atom. The van der Waals surface area contributed by atoms with E-state index in [0.29, 0.717) is 6.42 Å². The van der Waals surface area contributed by atoms with Crippen molar-refractivity contribution in [2.24, 2.45) is 5.41 Å². The van der Waals surface area contributed by atoms with Gasteiger partial charge in [0.2, 0.25) is 5.91 Å². The second-order valence-corrected chi connectivity index (χ2v) is 8.59. The Kier molecular flexibility index (Phi) is 5.05. The zero-order chi connectivity index (χ0) is 18.0. The molecule has 3 heterocycles. The molecule has 0 bridgehead atoms. The summed E-state index contributed by atoms with van der Waals surface area (Å²) in [5.41, 5.74) is 1.11. The van der Waals surface area contributed by atoms with Crippen LogP contribution in [0.2, 0.25) is 0 Å². The van der Waals surface area contributed by atoms with E-state index >= 15 is 0 Å². The highest BCUT2D eigenvalue weighted by molar-refractivity contribution is 7.09. The van der Waals surface area contributed by atoms with Crippen LogP contribution in [0.4, 0.5) is 4.39 Å². The quantitative estimate of drug-likeness (QED) is 0.825. The minimum Gasteiger partial charge on any atom is -0.342 e. The molecule has 0 radical (unpaired) electrons. The number of carbonyl (C=O) groups is 1. The molecule has 2 aromatic rings. The number of halogens is 1. The van der Waals surface area contributed by atoms with Crippen molar-refractivity contribution in [1.82, 2.24) is 14.8 Å². The minimum atomic E-state index is -0.260. The Bertz CT molecular complexity index is 749. The van der Waals surface area contributed by atoms with Crippen LogP contribution in [0.5, 0.6) is 0 Å². The van der Waals surface area contributed by atoms with Gasteiger partial charge in [-0.2, -0.15) is 0 Å². The first-order chi connectivity index (χ1) is 12.6. The lowest BCUT2D eigenvalue weighted by Gasteiger charge is -2.40. The van der Waals surface area contributed by atoms with Gasteiger partial charge in [-0.15, -0.1) is 11.3 Å². The first-order valence-corrected chi connectivity index (χ1v) is 10.1. The van der Waals surface area contributed by atoms with Gasteiger partial charge >= 0.3 is 0 Å². The maximum absolute atomic E-state index is 13.0. The van der Waals surface area contributed by atoms with Crippen LogP contribution in [0.3, 0.4) is 0 Å². The zero-order valence-electron chi connectivity index (χ0n) is 14.9. The molecule has 0 unspecified atom stereocenters. The second-order valence-electron chi connectivity index (χ2n) is 7.61. The minimum absolute atomic E-state index is 0.158. The SMILES string of the molecule is O=C(Cc1ccc(F)cc1)N1CC[C@]2(CCCN(Cc3nccs3)C2)C1. The van der Waals surface area contributed by atoms with Gasteiger partial charge in [0.05, 0.1) is 13.0 Å². The van der Waals surface area contributed by atoms with E-state index in [0.717, 1.165) is 44.7 Å². The van der Waals surface area contributed by atoms with E-state index in [1.54, 1.807) is 23.5 Å². The molecule has 2 aliphatic heterocycles. The number of likely N-dealkylation sites (tertiary alicyclic amines) is 2. The van der Waals surface area contributed by atoms with Crippen LogP contribution >= 0.6 is 11.3 Å². The summed E-state index contributed by atoms with van der Waals surface area (Å²) in [7, 11) is 0. The Morgan fingerprint density at radius 2 is 2.04 bits per heavy atom. The number of hydrogen-bond donors (Lipinski definition) is 0. The fourth-order valence-corrected chi connectivity index (χ4v) is 4.99. The van der Waals surface area contributed by atoms with Gasteiger partial charge in [-0.1, -0.05) is 12.1 Å². The normalized spacial score (nSPS) is 23.7. The summed E-state index contributed by atoms with van der Waals surface area (Å²) < 4.78 is 13.0. The summed E-state index contributed by atoms with van der Waals surface area (Å²) in [5.74, 6) is -0.102. The monoisotopic (exact) mass is 373 g/mol. The highest BCUT2D eigenvalue weighted by atomic mass is 32.1. The predicted molar refractivity (Wildman–Crippen MR) is 100 cm³/mol. The highest BCUT2D eigenvalue weighted by Gasteiger charge is 2.42. The molecule has 1 spiro atoms. The Labute approximate surface area is 157 Å². The van der Waals surface area contributed by atoms with Crippen molar-refractivity contribution in [2.75, 3.05) is 26.2 Å². The van der Waals surface area contributed by atoms with Crippen LogP contribution in [0.25, 0.3) is 0 Å². The van der Waals surface area contributed by atoms with Crippen molar-refractivity contribution in [1.29, 1.82) is 0 Å². The van der Waals surface area contributed by atoms with Crippen LogP contribution in [0.15, 0.2) is 35.8 Å². The van der Waals surface area contributed by atoms with Crippen LogP contribution in [0, 0.1) is 11.2 Å². The number of rotatable bonds is 4.